The van der Waals surface area contributed by atoms with Gasteiger partial charge in [0, 0.05) is 6.54 Å². The molecule has 2 heterocycles. The summed E-state index contributed by atoms with van der Waals surface area (Å²) in [5.41, 5.74) is 4.37. The molecule has 0 amide bonds. The molecule has 1 spiro atoms. The first-order valence-electron chi connectivity index (χ1n) is 11.9. The number of rotatable bonds is 7. The molecule has 166 valence electrons. The molecule has 0 radical (unpaired) electrons. The van der Waals surface area contributed by atoms with Crippen LogP contribution < -0.4 is 5.32 Å². The Morgan fingerprint density at radius 1 is 1.03 bits per heavy atom. The molecule has 1 aliphatic heterocycles. The maximum Gasteiger partial charge on any atom is 0.148 e. The Kier molecular flexibility index (Phi) is 6.47. The van der Waals surface area contributed by atoms with E-state index in [0.717, 1.165) is 24.0 Å². The minimum Gasteiger partial charge on any atom is -0.368 e. The summed E-state index contributed by atoms with van der Waals surface area (Å²) < 4.78 is 0. The van der Waals surface area contributed by atoms with E-state index in [1.54, 1.807) is 0 Å². The van der Waals surface area contributed by atoms with Gasteiger partial charge < -0.3 is 10.2 Å². The summed E-state index contributed by atoms with van der Waals surface area (Å²) in [5, 5.41) is 12.3. The standard InChI is InChI=1S/C27H38N4/c1-21-5-7-22(8-6-21)9-10-24-11-12-25(30-29-24)28-20-23-19-27(23)14-17-31(18-15-27)16-13-26(2,3)4/h5-12,23H,13-20H2,1-4H3,(H,28,30)/b10-9+. The smallest absolute Gasteiger partial charge is 0.148 e. The zero-order valence-electron chi connectivity index (χ0n) is 19.7. The highest BCUT2D eigenvalue weighted by Gasteiger charge is 2.54. The first-order chi connectivity index (χ1) is 14.8. The van der Waals surface area contributed by atoms with Crippen LogP contribution in [0.3, 0.4) is 0 Å². The molecule has 1 saturated carbocycles. The fourth-order valence-corrected chi connectivity index (χ4v) is 4.66. The summed E-state index contributed by atoms with van der Waals surface area (Å²) in [4.78, 5) is 2.67. The third kappa shape index (κ3) is 6.16. The Bertz CT molecular complexity index is 869. The second-order valence-electron chi connectivity index (χ2n) is 10.9. The monoisotopic (exact) mass is 418 g/mol. The Hall–Kier alpha value is -2.20. The molecule has 1 aromatic carbocycles. The van der Waals surface area contributed by atoms with E-state index in [9.17, 15) is 0 Å². The Morgan fingerprint density at radius 3 is 2.42 bits per heavy atom. The lowest BCUT2D eigenvalue weighted by Gasteiger charge is -2.34. The number of likely N-dealkylation sites (tertiary alicyclic amines) is 1. The van der Waals surface area contributed by atoms with Crippen LogP contribution in [0.5, 0.6) is 0 Å². The van der Waals surface area contributed by atoms with Crippen LogP contribution in [-0.4, -0.2) is 41.3 Å². The number of hydrogen-bond acceptors (Lipinski definition) is 4. The second-order valence-corrected chi connectivity index (χ2v) is 10.9. The predicted molar refractivity (Wildman–Crippen MR) is 131 cm³/mol. The van der Waals surface area contributed by atoms with E-state index in [-0.39, 0.29) is 0 Å². The van der Waals surface area contributed by atoms with E-state index in [1.165, 1.54) is 56.4 Å². The van der Waals surface area contributed by atoms with Crippen molar-refractivity contribution in [3.63, 3.8) is 0 Å². The van der Waals surface area contributed by atoms with Gasteiger partial charge in [0.25, 0.3) is 0 Å². The lowest BCUT2D eigenvalue weighted by molar-refractivity contribution is 0.147. The van der Waals surface area contributed by atoms with E-state index < -0.39 is 0 Å². The number of anilines is 1. The van der Waals surface area contributed by atoms with Gasteiger partial charge in [0.05, 0.1) is 5.69 Å². The number of aromatic nitrogens is 2. The summed E-state index contributed by atoms with van der Waals surface area (Å²) in [6, 6.07) is 12.6. The van der Waals surface area contributed by atoms with Gasteiger partial charge in [0.1, 0.15) is 5.82 Å². The van der Waals surface area contributed by atoms with Gasteiger partial charge in [0.15, 0.2) is 0 Å². The topological polar surface area (TPSA) is 41.0 Å². The lowest BCUT2D eigenvalue weighted by Crippen LogP contribution is -2.37. The van der Waals surface area contributed by atoms with Crippen LogP contribution in [0.2, 0.25) is 0 Å². The van der Waals surface area contributed by atoms with E-state index in [0.29, 0.717) is 10.8 Å². The van der Waals surface area contributed by atoms with Crippen molar-refractivity contribution in [2.24, 2.45) is 16.7 Å². The summed E-state index contributed by atoms with van der Waals surface area (Å²) in [6.45, 7) is 14.0. The van der Waals surface area contributed by atoms with Crippen molar-refractivity contribution in [2.45, 2.75) is 53.4 Å². The largest absolute Gasteiger partial charge is 0.368 e. The number of piperidine rings is 1. The molecule has 0 bridgehead atoms. The van der Waals surface area contributed by atoms with Gasteiger partial charge in [-0.1, -0.05) is 56.7 Å². The number of hydrogen-bond donors (Lipinski definition) is 1. The van der Waals surface area contributed by atoms with Gasteiger partial charge in [-0.05, 0) is 92.8 Å². The van der Waals surface area contributed by atoms with Gasteiger partial charge in [-0.15, -0.1) is 10.2 Å². The highest BCUT2D eigenvalue weighted by molar-refractivity contribution is 5.68. The Morgan fingerprint density at radius 2 is 1.77 bits per heavy atom. The van der Waals surface area contributed by atoms with Gasteiger partial charge in [-0.2, -0.15) is 0 Å². The highest BCUT2D eigenvalue weighted by atomic mass is 15.2. The predicted octanol–water partition coefficient (Wildman–Crippen LogP) is 5.91. The molecule has 1 aliphatic carbocycles. The maximum absolute atomic E-state index is 4.38. The molecule has 2 aromatic rings. The van der Waals surface area contributed by atoms with Crippen molar-refractivity contribution in [2.75, 3.05) is 31.5 Å². The number of nitrogens with zero attached hydrogens (tertiary/aromatic N) is 3. The van der Waals surface area contributed by atoms with Crippen LogP contribution in [0.4, 0.5) is 5.82 Å². The van der Waals surface area contributed by atoms with Gasteiger partial charge >= 0.3 is 0 Å². The zero-order chi connectivity index (χ0) is 21.9. The van der Waals surface area contributed by atoms with E-state index in [4.69, 9.17) is 0 Å². The fraction of sp³-hybridized carbons (Fsp3) is 0.556. The fourth-order valence-electron chi connectivity index (χ4n) is 4.66. The molecule has 4 nitrogen and oxygen atoms in total. The molecule has 2 fully saturated rings. The Labute approximate surface area is 188 Å². The normalized spacial score (nSPS) is 21.0. The van der Waals surface area contributed by atoms with E-state index in [1.807, 2.05) is 18.2 Å². The van der Waals surface area contributed by atoms with Gasteiger partial charge in [-0.3, -0.25) is 0 Å². The molecule has 1 saturated heterocycles. The van der Waals surface area contributed by atoms with Gasteiger partial charge in [0.2, 0.25) is 0 Å². The van der Waals surface area contributed by atoms with Gasteiger partial charge in [-0.25, -0.2) is 0 Å². The summed E-state index contributed by atoms with van der Waals surface area (Å²) in [6.07, 6.45) is 9.48. The maximum atomic E-state index is 4.38. The summed E-state index contributed by atoms with van der Waals surface area (Å²) in [7, 11) is 0. The van der Waals surface area contributed by atoms with E-state index >= 15 is 0 Å². The molecule has 2 aliphatic rings. The quantitative estimate of drug-likeness (QED) is 0.607. The van der Waals surface area contributed by atoms with Crippen molar-refractivity contribution in [1.29, 1.82) is 0 Å². The Balaban J connectivity index is 1.20. The van der Waals surface area contributed by atoms with Crippen LogP contribution in [0.25, 0.3) is 12.2 Å². The van der Waals surface area contributed by atoms with Crippen LogP contribution in [-0.2, 0) is 0 Å². The molecule has 1 aromatic heterocycles. The minimum absolute atomic E-state index is 0.439. The van der Waals surface area contributed by atoms with Crippen LogP contribution in [0.15, 0.2) is 36.4 Å². The molecule has 4 heteroatoms. The molecular formula is C27H38N4. The molecular weight excluding hydrogens is 380 g/mol. The molecule has 1 N–H and O–H groups in total. The molecule has 1 unspecified atom stereocenters. The van der Waals surface area contributed by atoms with Crippen LogP contribution >= 0.6 is 0 Å². The minimum atomic E-state index is 0.439. The summed E-state index contributed by atoms with van der Waals surface area (Å²) in [5.74, 6) is 1.68. The van der Waals surface area contributed by atoms with E-state index in [2.05, 4.69) is 78.5 Å². The third-order valence-corrected chi connectivity index (χ3v) is 7.13. The van der Waals surface area contributed by atoms with Crippen molar-refractivity contribution in [1.82, 2.24) is 15.1 Å². The number of aryl methyl sites for hydroxylation is 1. The highest BCUT2D eigenvalue weighted by Crippen LogP contribution is 2.59. The third-order valence-electron chi connectivity index (χ3n) is 7.13. The molecule has 31 heavy (non-hydrogen) atoms. The average Bonchev–Trinajstić information content (AvgIpc) is 3.43. The van der Waals surface area contributed by atoms with Crippen molar-refractivity contribution in [3.05, 3.63) is 53.2 Å². The first kappa shape index (κ1) is 22.0. The SMILES string of the molecule is Cc1ccc(/C=C/c2ccc(NCC3CC34CCN(CCC(C)(C)C)CC4)nn2)cc1. The van der Waals surface area contributed by atoms with Crippen LogP contribution in [0, 0.1) is 23.7 Å². The first-order valence-corrected chi connectivity index (χ1v) is 11.9. The lowest BCUT2D eigenvalue weighted by atomic mass is 9.88. The summed E-state index contributed by atoms with van der Waals surface area (Å²) >= 11 is 0. The number of benzene rings is 1. The molecule has 1 atom stereocenters. The van der Waals surface area contributed by atoms with Crippen LogP contribution in [0.1, 0.15) is 63.3 Å². The second kappa shape index (κ2) is 9.12. The zero-order valence-corrected chi connectivity index (χ0v) is 19.7. The number of nitrogens with one attached hydrogen (secondary N) is 1. The average molecular weight is 419 g/mol. The van der Waals surface area contributed by atoms with Crippen molar-refractivity contribution < 1.29 is 0 Å². The molecule has 4 rings (SSSR count). The van der Waals surface area contributed by atoms with Crippen molar-refractivity contribution in [3.8, 4) is 0 Å². The van der Waals surface area contributed by atoms with Crippen molar-refractivity contribution >= 4 is 18.0 Å².